The number of aliphatic imine (C=N–C) groups is 1. The zero-order valence-electron chi connectivity index (χ0n) is 18.0. The van der Waals surface area contributed by atoms with Crippen LogP contribution in [0.5, 0.6) is 11.5 Å². The van der Waals surface area contributed by atoms with E-state index in [1.54, 1.807) is 21.3 Å². The van der Waals surface area contributed by atoms with Crippen molar-refractivity contribution in [2.24, 2.45) is 4.99 Å². The van der Waals surface area contributed by atoms with Gasteiger partial charge in [0.05, 0.1) is 14.2 Å². The molecule has 0 aliphatic carbocycles. The van der Waals surface area contributed by atoms with E-state index < -0.39 is 0 Å². The number of guanidine groups is 1. The van der Waals surface area contributed by atoms with E-state index in [1.165, 1.54) is 0 Å². The summed E-state index contributed by atoms with van der Waals surface area (Å²) in [6, 6.07) is 13.3. The van der Waals surface area contributed by atoms with Crippen molar-refractivity contribution in [3.63, 3.8) is 0 Å². The summed E-state index contributed by atoms with van der Waals surface area (Å²) in [7, 11) is 4.95. The zero-order valence-corrected chi connectivity index (χ0v) is 20.3. The number of nitrogens with one attached hydrogen (secondary N) is 3. The van der Waals surface area contributed by atoms with E-state index in [2.05, 4.69) is 20.9 Å². The molecule has 0 unspecified atom stereocenters. The second-order valence-corrected chi connectivity index (χ2v) is 6.42. The van der Waals surface area contributed by atoms with Crippen LogP contribution in [0, 0.1) is 0 Å². The highest BCUT2D eigenvalue weighted by atomic mass is 127. The van der Waals surface area contributed by atoms with Crippen molar-refractivity contribution in [2.45, 2.75) is 26.4 Å². The molecule has 8 heteroatoms. The lowest BCUT2D eigenvalue weighted by Gasteiger charge is -2.14. The van der Waals surface area contributed by atoms with Crippen LogP contribution < -0.4 is 25.4 Å². The Labute approximate surface area is 195 Å². The normalized spacial score (nSPS) is 10.6. The van der Waals surface area contributed by atoms with Gasteiger partial charge >= 0.3 is 0 Å². The first kappa shape index (κ1) is 25.5. The topological polar surface area (TPSA) is 84.0 Å². The third-order valence-electron chi connectivity index (χ3n) is 4.32. The molecule has 2 aromatic carbocycles. The van der Waals surface area contributed by atoms with Crippen molar-refractivity contribution >= 4 is 35.8 Å². The van der Waals surface area contributed by atoms with Crippen molar-refractivity contribution < 1.29 is 14.3 Å². The maximum absolute atomic E-state index is 12.1. The molecular weight excluding hydrogens is 495 g/mol. The highest BCUT2D eigenvalue weighted by molar-refractivity contribution is 14.0. The molecule has 30 heavy (non-hydrogen) atoms. The maximum atomic E-state index is 12.1. The molecular formula is C22H31IN4O3. The Hall–Kier alpha value is -2.49. The summed E-state index contributed by atoms with van der Waals surface area (Å²) in [5, 5.41) is 9.43. The average molecular weight is 526 g/mol. The summed E-state index contributed by atoms with van der Waals surface area (Å²) in [5.74, 6) is 2.00. The van der Waals surface area contributed by atoms with Gasteiger partial charge in [-0.1, -0.05) is 25.1 Å². The van der Waals surface area contributed by atoms with Gasteiger partial charge in [0.2, 0.25) is 0 Å². The monoisotopic (exact) mass is 526 g/mol. The molecule has 2 rings (SSSR count). The Morgan fingerprint density at radius 2 is 1.60 bits per heavy atom. The Morgan fingerprint density at radius 3 is 2.20 bits per heavy atom. The molecule has 3 N–H and O–H groups in total. The fourth-order valence-corrected chi connectivity index (χ4v) is 2.75. The Balaban J connectivity index is 0.00000450. The van der Waals surface area contributed by atoms with Crippen LogP contribution in [-0.4, -0.2) is 39.7 Å². The smallest absolute Gasteiger partial charge is 0.251 e. The molecule has 0 bridgehead atoms. The van der Waals surface area contributed by atoms with Gasteiger partial charge in [-0.25, -0.2) is 0 Å². The molecule has 164 valence electrons. The Kier molecular flexibility index (Phi) is 11.7. The van der Waals surface area contributed by atoms with E-state index in [9.17, 15) is 4.79 Å². The summed E-state index contributed by atoms with van der Waals surface area (Å²) < 4.78 is 10.6. The van der Waals surface area contributed by atoms with Gasteiger partial charge in [0.15, 0.2) is 17.5 Å². The molecule has 0 radical (unpaired) electrons. The molecule has 0 fully saturated rings. The third-order valence-corrected chi connectivity index (χ3v) is 4.32. The highest BCUT2D eigenvalue weighted by Crippen LogP contribution is 2.27. The van der Waals surface area contributed by atoms with Crippen LogP contribution in [0.15, 0.2) is 47.5 Å². The van der Waals surface area contributed by atoms with Gasteiger partial charge in [-0.2, -0.15) is 0 Å². The largest absolute Gasteiger partial charge is 0.493 e. The predicted molar refractivity (Wildman–Crippen MR) is 131 cm³/mol. The summed E-state index contributed by atoms with van der Waals surface area (Å²) in [6.45, 7) is 3.84. The minimum Gasteiger partial charge on any atom is -0.493 e. The van der Waals surface area contributed by atoms with Gasteiger partial charge in [-0.05, 0) is 41.8 Å². The van der Waals surface area contributed by atoms with Crippen molar-refractivity contribution in [3.8, 4) is 11.5 Å². The first-order chi connectivity index (χ1) is 14.1. The van der Waals surface area contributed by atoms with Crippen LogP contribution in [0.2, 0.25) is 0 Å². The zero-order chi connectivity index (χ0) is 21.1. The molecule has 0 aromatic heterocycles. The number of carbonyl (C=O) groups excluding carboxylic acids is 1. The van der Waals surface area contributed by atoms with Crippen LogP contribution in [0.25, 0.3) is 0 Å². The maximum Gasteiger partial charge on any atom is 0.251 e. The lowest BCUT2D eigenvalue weighted by atomic mass is 10.1. The third kappa shape index (κ3) is 7.74. The number of hydrogen-bond donors (Lipinski definition) is 3. The first-order valence-corrected chi connectivity index (χ1v) is 9.63. The number of amides is 1. The molecule has 0 saturated heterocycles. The SMILES string of the molecule is CCCNC(=O)c1cccc(CNC(=NC)NCc2ccc(OC)c(OC)c2)c1.I. The fourth-order valence-electron chi connectivity index (χ4n) is 2.75. The van der Waals surface area contributed by atoms with Crippen LogP contribution in [0.3, 0.4) is 0 Å². The van der Waals surface area contributed by atoms with E-state index in [1.807, 2.05) is 49.4 Å². The number of ether oxygens (including phenoxy) is 2. The number of halogens is 1. The molecule has 0 atom stereocenters. The van der Waals surface area contributed by atoms with E-state index in [0.717, 1.165) is 17.5 Å². The Morgan fingerprint density at radius 1 is 0.933 bits per heavy atom. The molecule has 0 spiro atoms. The lowest BCUT2D eigenvalue weighted by Crippen LogP contribution is -2.36. The first-order valence-electron chi connectivity index (χ1n) is 9.63. The summed E-state index contributed by atoms with van der Waals surface area (Å²) in [5.41, 5.74) is 2.70. The van der Waals surface area contributed by atoms with Gasteiger partial charge in [0.25, 0.3) is 5.91 Å². The number of nitrogens with zero attached hydrogens (tertiary/aromatic N) is 1. The van der Waals surface area contributed by atoms with E-state index >= 15 is 0 Å². The quantitative estimate of drug-likeness (QED) is 0.265. The van der Waals surface area contributed by atoms with Gasteiger partial charge in [-0.15, -0.1) is 24.0 Å². The van der Waals surface area contributed by atoms with Crippen molar-refractivity contribution in [1.82, 2.24) is 16.0 Å². The minimum absolute atomic E-state index is 0. The van der Waals surface area contributed by atoms with Gasteiger partial charge in [0, 0.05) is 32.2 Å². The van der Waals surface area contributed by atoms with Crippen molar-refractivity contribution in [1.29, 1.82) is 0 Å². The fraction of sp³-hybridized carbons (Fsp3) is 0.364. The van der Waals surface area contributed by atoms with Crippen LogP contribution in [0.4, 0.5) is 0 Å². The number of benzene rings is 2. The van der Waals surface area contributed by atoms with Gasteiger partial charge in [0.1, 0.15) is 0 Å². The molecule has 7 nitrogen and oxygen atoms in total. The second kappa shape index (κ2) is 13.7. The predicted octanol–water partition coefficient (Wildman–Crippen LogP) is 3.33. The molecule has 0 saturated carbocycles. The molecule has 0 aliphatic heterocycles. The Bertz CT molecular complexity index is 843. The van der Waals surface area contributed by atoms with Crippen LogP contribution in [0.1, 0.15) is 34.8 Å². The van der Waals surface area contributed by atoms with E-state index in [0.29, 0.717) is 42.7 Å². The second-order valence-electron chi connectivity index (χ2n) is 6.42. The van der Waals surface area contributed by atoms with Crippen LogP contribution in [-0.2, 0) is 13.1 Å². The number of rotatable bonds is 9. The minimum atomic E-state index is -0.0512. The highest BCUT2D eigenvalue weighted by Gasteiger charge is 2.07. The van der Waals surface area contributed by atoms with E-state index in [-0.39, 0.29) is 29.9 Å². The van der Waals surface area contributed by atoms with Gasteiger partial charge in [-0.3, -0.25) is 9.79 Å². The lowest BCUT2D eigenvalue weighted by molar-refractivity contribution is 0.0953. The standard InChI is InChI=1S/C22H30N4O3.HI/c1-5-11-24-21(27)18-8-6-7-16(12-18)14-25-22(23-2)26-15-17-9-10-19(28-3)20(13-17)29-4;/h6-10,12-13H,5,11,14-15H2,1-4H3,(H,24,27)(H2,23,25,26);1H. The molecule has 0 heterocycles. The molecule has 1 amide bonds. The van der Waals surface area contributed by atoms with E-state index in [4.69, 9.17) is 9.47 Å². The average Bonchev–Trinajstić information content (AvgIpc) is 2.77. The molecule has 2 aromatic rings. The number of carbonyl (C=O) groups is 1. The number of hydrogen-bond acceptors (Lipinski definition) is 4. The number of methoxy groups -OCH3 is 2. The summed E-state index contributed by atoms with van der Waals surface area (Å²) >= 11 is 0. The van der Waals surface area contributed by atoms with Crippen molar-refractivity contribution in [2.75, 3.05) is 27.8 Å². The van der Waals surface area contributed by atoms with Gasteiger partial charge < -0.3 is 25.4 Å². The summed E-state index contributed by atoms with van der Waals surface area (Å²) in [4.78, 5) is 16.4. The van der Waals surface area contributed by atoms with Crippen LogP contribution >= 0.6 is 24.0 Å². The van der Waals surface area contributed by atoms with Crippen molar-refractivity contribution in [3.05, 3.63) is 59.2 Å². The summed E-state index contributed by atoms with van der Waals surface area (Å²) in [6.07, 6.45) is 0.912. The molecule has 0 aliphatic rings.